The van der Waals surface area contributed by atoms with Gasteiger partial charge in [-0.2, -0.15) is 0 Å². The molecule has 5 nitrogen and oxygen atoms in total. The summed E-state index contributed by atoms with van der Waals surface area (Å²) in [5.74, 6) is 1.63. The smallest absolute Gasteiger partial charge is 0.163 e. The summed E-state index contributed by atoms with van der Waals surface area (Å²) in [5, 5.41) is 1.12. The molecule has 1 aliphatic heterocycles. The van der Waals surface area contributed by atoms with E-state index in [1.807, 2.05) is 18.3 Å². The molecule has 2 heterocycles. The quantitative estimate of drug-likeness (QED) is 0.638. The summed E-state index contributed by atoms with van der Waals surface area (Å²) < 4.78 is 17.5. The summed E-state index contributed by atoms with van der Waals surface area (Å²) in [6.45, 7) is 10.4. The van der Waals surface area contributed by atoms with Crippen LogP contribution in [0.5, 0.6) is 11.5 Å². The number of aromatic nitrogens is 1. The van der Waals surface area contributed by atoms with Gasteiger partial charge < -0.3 is 14.2 Å². The predicted octanol–water partition coefficient (Wildman–Crippen LogP) is 3.82. The van der Waals surface area contributed by atoms with E-state index in [0.717, 1.165) is 74.5 Å². The molecule has 1 fully saturated rings. The minimum absolute atomic E-state index is 0.679. The van der Waals surface area contributed by atoms with E-state index < -0.39 is 0 Å². The molecule has 0 saturated carbocycles. The highest BCUT2D eigenvalue weighted by molar-refractivity contribution is 5.85. The molecule has 0 spiro atoms. The van der Waals surface area contributed by atoms with Gasteiger partial charge >= 0.3 is 0 Å². The van der Waals surface area contributed by atoms with E-state index in [9.17, 15) is 0 Å². The number of unbranched alkanes of at least 4 members (excludes halogenated alkanes) is 1. The normalized spacial score (nSPS) is 15.3. The lowest BCUT2D eigenvalue weighted by molar-refractivity contribution is 0.0357. The van der Waals surface area contributed by atoms with E-state index in [1.165, 1.54) is 5.56 Å². The second kappa shape index (κ2) is 9.74. The number of rotatable bonds is 9. The highest BCUT2D eigenvalue weighted by Gasteiger charge is 2.12. The monoisotopic (exact) mass is 358 g/mol. The minimum Gasteiger partial charge on any atom is -0.490 e. The SMILES string of the molecule is CCCCOc1cc2c(C)ccnc2cc1OCCCN1CCOCC1. The van der Waals surface area contributed by atoms with Crippen LogP contribution in [0.25, 0.3) is 10.9 Å². The Labute approximate surface area is 156 Å². The maximum absolute atomic E-state index is 6.08. The van der Waals surface area contributed by atoms with Crippen molar-refractivity contribution in [2.75, 3.05) is 46.1 Å². The van der Waals surface area contributed by atoms with Gasteiger partial charge in [0.1, 0.15) is 0 Å². The first-order chi connectivity index (χ1) is 12.8. The molecule has 0 unspecified atom stereocenters. The van der Waals surface area contributed by atoms with Gasteiger partial charge in [0.2, 0.25) is 0 Å². The molecule has 1 aromatic heterocycles. The third kappa shape index (κ3) is 5.08. The Morgan fingerprint density at radius 2 is 1.81 bits per heavy atom. The van der Waals surface area contributed by atoms with Crippen LogP contribution >= 0.6 is 0 Å². The van der Waals surface area contributed by atoms with E-state index in [4.69, 9.17) is 14.2 Å². The largest absolute Gasteiger partial charge is 0.490 e. The zero-order valence-corrected chi connectivity index (χ0v) is 16.0. The summed E-state index contributed by atoms with van der Waals surface area (Å²) in [4.78, 5) is 6.91. The maximum Gasteiger partial charge on any atom is 0.163 e. The Morgan fingerprint density at radius 3 is 2.58 bits per heavy atom. The van der Waals surface area contributed by atoms with Gasteiger partial charge in [-0.15, -0.1) is 0 Å². The molecule has 0 radical (unpaired) electrons. The Bertz CT molecular complexity index is 699. The number of nitrogens with zero attached hydrogens (tertiary/aromatic N) is 2. The van der Waals surface area contributed by atoms with Gasteiger partial charge in [-0.1, -0.05) is 13.3 Å². The van der Waals surface area contributed by atoms with Crippen LogP contribution < -0.4 is 9.47 Å². The lowest BCUT2D eigenvalue weighted by Gasteiger charge is -2.26. The number of morpholine rings is 1. The van der Waals surface area contributed by atoms with E-state index in [2.05, 4.69) is 29.8 Å². The van der Waals surface area contributed by atoms with E-state index >= 15 is 0 Å². The summed E-state index contributed by atoms with van der Waals surface area (Å²) in [6, 6.07) is 6.12. The Hall–Kier alpha value is -1.85. The molecule has 5 heteroatoms. The van der Waals surface area contributed by atoms with Crippen LogP contribution in [-0.4, -0.2) is 55.9 Å². The third-order valence-electron chi connectivity index (χ3n) is 4.76. The van der Waals surface area contributed by atoms with E-state index in [0.29, 0.717) is 13.2 Å². The van der Waals surface area contributed by atoms with Crippen molar-refractivity contribution in [1.82, 2.24) is 9.88 Å². The molecule has 0 aliphatic carbocycles. The van der Waals surface area contributed by atoms with Crippen LogP contribution in [0.1, 0.15) is 31.7 Å². The van der Waals surface area contributed by atoms with E-state index in [1.54, 1.807) is 0 Å². The average Bonchev–Trinajstić information content (AvgIpc) is 2.67. The van der Waals surface area contributed by atoms with Gasteiger partial charge in [0, 0.05) is 37.3 Å². The molecule has 0 amide bonds. The maximum atomic E-state index is 6.08. The molecule has 0 N–H and O–H groups in total. The molecule has 1 aliphatic rings. The molecule has 1 saturated heterocycles. The molecule has 0 atom stereocenters. The van der Waals surface area contributed by atoms with E-state index in [-0.39, 0.29) is 0 Å². The van der Waals surface area contributed by atoms with Crippen molar-refractivity contribution in [3.63, 3.8) is 0 Å². The van der Waals surface area contributed by atoms with Gasteiger partial charge in [-0.05, 0) is 37.5 Å². The number of hydrogen-bond donors (Lipinski definition) is 0. The van der Waals surface area contributed by atoms with Gasteiger partial charge in [0.15, 0.2) is 11.5 Å². The molecular formula is C21H30N2O3. The summed E-state index contributed by atoms with van der Waals surface area (Å²) in [7, 11) is 0. The van der Waals surface area contributed by atoms with Crippen molar-refractivity contribution in [3.05, 3.63) is 30.0 Å². The number of fused-ring (bicyclic) bond motifs is 1. The summed E-state index contributed by atoms with van der Waals surface area (Å²) in [6.07, 6.45) is 5.00. The fourth-order valence-corrected chi connectivity index (χ4v) is 3.14. The molecule has 0 bridgehead atoms. The molecule has 3 rings (SSSR count). The standard InChI is InChI=1S/C21H30N2O3/c1-3-4-11-25-20-15-18-17(2)6-7-22-19(18)16-21(20)26-12-5-8-23-9-13-24-14-10-23/h6-7,15-16H,3-5,8-14H2,1-2H3. The van der Waals surface area contributed by atoms with Crippen molar-refractivity contribution in [2.45, 2.75) is 33.1 Å². The summed E-state index contributed by atoms with van der Waals surface area (Å²) in [5.41, 5.74) is 2.16. The highest BCUT2D eigenvalue weighted by atomic mass is 16.5. The fourth-order valence-electron chi connectivity index (χ4n) is 3.14. The van der Waals surface area contributed by atoms with Gasteiger partial charge in [-0.25, -0.2) is 0 Å². The van der Waals surface area contributed by atoms with Crippen LogP contribution in [0.2, 0.25) is 0 Å². The van der Waals surface area contributed by atoms with Crippen LogP contribution in [0.4, 0.5) is 0 Å². The van der Waals surface area contributed by atoms with Gasteiger partial charge in [0.25, 0.3) is 0 Å². The number of benzene rings is 1. The zero-order chi connectivity index (χ0) is 18.2. The van der Waals surface area contributed by atoms with Crippen molar-refractivity contribution in [2.24, 2.45) is 0 Å². The number of pyridine rings is 1. The number of aryl methyl sites for hydroxylation is 1. The minimum atomic E-state index is 0.679. The van der Waals surface area contributed by atoms with Crippen molar-refractivity contribution in [1.29, 1.82) is 0 Å². The first-order valence-electron chi connectivity index (χ1n) is 9.73. The molecule has 2 aromatic rings. The number of ether oxygens (including phenoxy) is 3. The second-order valence-electron chi connectivity index (χ2n) is 6.80. The fraction of sp³-hybridized carbons (Fsp3) is 0.571. The predicted molar refractivity (Wildman–Crippen MR) is 104 cm³/mol. The van der Waals surface area contributed by atoms with Crippen LogP contribution in [0.3, 0.4) is 0 Å². The van der Waals surface area contributed by atoms with Crippen molar-refractivity contribution in [3.8, 4) is 11.5 Å². The second-order valence-corrected chi connectivity index (χ2v) is 6.80. The topological polar surface area (TPSA) is 43.8 Å². The van der Waals surface area contributed by atoms with Crippen LogP contribution in [0.15, 0.2) is 24.4 Å². The molecule has 26 heavy (non-hydrogen) atoms. The first-order valence-corrected chi connectivity index (χ1v) is 9.73. The molecule has 142 valence electrons. The highest BCUT2D eigenvalue weighted by Crippen LogP contribution is 2.33. The van der Waals surface area contributed by atoms with Gasteiger partial charge in [0.05, 0.1) is 31.9 Å². The zero-order valence-electron chi connectivity index (χ0n) is 16.0. The Kier molecular flexibility index (Phi) is 7.09. The Morgan fingerprint density at radius 1 is 1.08 bits per heavy atom. The van der Waals surface area contributed by atoms with Crippen LogP contribution in [0, 0.1) is 6.92 Å². The van der Waals surface area contributed by atoms with Crippen molar-refractivity contribution >= 4 is 10.9 Å². The lowest BCUT2D eigenvalue weighted by atomic mass is 10.1. The van der Waals surface area contributed by atoms with Crippen molar-refractivity contribution < 1.29 is 14.2 Å². The third-order valence-corrected chi connectivity index (χ3v) is 4.76. The summed E-state index contributed by atoms with van der Waals surface area (Å²) >= 11 is 0. The lowest BCUT2D eigenvalue weighted by Crippen LogP contribution is -2.37. The Balaban J connectivity index is 1.65. The van der Waals surface area contributed by atoms with Gasteiger partial charge in [-0.3, -0.25) is 9.88 Å². The molecular weight excluding hydrogens is 328 g/mol. The molecule has 1 aromatic carbocycles. The first kappa shape index (κ1) is 18.9. The average molecular weight is 358 g/mol. The van der Waals surface area contributed by atoms with Crippen LogP contribution in [-0.2, 0) is 4.74 Å². The number of hydrogen-bond acceptors (Lipinski definition) is 5.